The Kier molecular flexibility index (Phi) is 8.64. The van der Waals surface area contributed by atoms with Gasteiger partial charge in [-0.25, -0.2) is 0 Å². The molecule has 8 nitrogen and oxygen atoms in total. The van der Waals surface area contributed by atoms with Gasteiger partial charge < -0.3 is 9.47 Å². The Morgan fingerprint density at radius 2 is 1.03 bits per heavy atom. The first-order valence-electron chi connectivity index (χ1n) is 12.3. The van der Waals surface area contributed by atoms with E-state index in [0.29, 0.717) is 26.1 Å². The summed E-state index contributed by atoms with van der Waals surface area (Å²) in [6, 6.07) is 0. The van der Waals surface area contributed by atoms with Gasteiger partial charge in [0.15, 0.2) is 0 Å². The standard InChI is InChI=1S/C25H46N2O6/c1-11-13-30-26-22(3,4)16-18(24(26,7)8)32-20(28)15-21(29)33-19-17-23(5,6)27(25(19,9)10)31-14-12-2/h18-19H,11-17H2,1-10H3. The van der Waals surface area contributed by atoms with Crippen LogP contribution >= 0.6 is 0 Å². The second-order valence-corrected chi connectivity index (χ2v) is 11.7. The first kappa shape index (κ1) is 28.0. The van der Waals surface area contributed by atoms with Gasteiger partial charge in [-0.2, -0.15) is 10.1 Å². The topological polar surface area (TPSA) is 77.5 Å². The Morgan fingerprint density at radius 1 is 0.697 bits per heavy atom. The lowest BCUT2D eigenvalue weighted by Crippen LogP contribution is -2.51. The maximum atomic E-state index is 12.7. The second-order valence-electron chi connectivity index (χ2n) is 11.7. The van der Waals surface area contributed by atoms with Crippen molar-refractivity contribution in [2.75, 3.05) is 13.2 Å². The van der Waals surface area contributed by atoms with E-state index in [4.69, 9.17) is 19.1 Å². The molecule has 2 aliphatic heterocycles. The third-order valence-electron chi connectivity index (χ3n) is 6.78. The Bertz CT molecular complexity index is 645. The van der Waals surface area contributed by atoms with Gasteiger partial charge in [-0.3, -0.25) is 19.3 Å². The lowest BCUT2D eigenvalue weighted by Gasteiger charge is -2.39. The van der Waals surface area contributed by atoms with E-state index in [9.17, 15) is 9.59 Å². The lowest BCUT2D eigenvalue weighted by atomic mass is 9.97. The Labute approximate surface area is 200 Å². The van der Waals surface area contributed by atoms with Crippen LogP contribution in [0, 0.1) is 0 Å². The number of hydrogen-bond acceptors (Lipinski definition) is 8. The smallest absolute Gasteiger partial charge is 0.317 e. The van der Waals surface area contributed by atoms with Crippen LogP contribution in [0.2, 0.25) is 0 Å². The first-order valence-corrected chi connectivity index (χ1v) is 12.3. The maximum Gasteiger partial charge on any atom is 0.317 e. The highest BCUT2D eigenvalue weighted by atomic mass is 16.7. The zero-order valence-electron chi connectivity index (χ0n) is 22.4. The summed E-state index contributed by atoms with van der Waals surface area (Å²) in [5, 5.41) is 3.88. The molecule has 0 bridgehead atoms. The zero-order valence-corrected chi connectivity index (χ0v) is 22.4. The van der Waals surface area contributed by atoms with E-state index in [2.05, 4.69) is 41.5 Å². The molecule has 0 aromatic carbocycles. The zero-order chi connectivity index (χ0) is 25.2. The van der Waals surface area contributed by atoms with Gasteiger partial charge in [0.05, 0.1) is 24.3 Å². The van der Waals surface area contributed by atoms with Crippen LogP contribution in [0.25, 0.3) is 0 Å². The molecule has 2 aliphatic rings. The van der Waals surface area contributed by atoms with E-state index in [-0.39, 0.29) is 23.3 Å². The SMILES string of the molecule is CCCON1C(C)(C)CC(OC(=O)CC(=O)OC2CC(C)(C)N(OCCC)C2(C)C)C1(C)C. The molecule has 0 aromatic rings. The molecule has 0 amide bonds. The average molecular weight is 471 g/mol. The number of hydrogen-bond donors (Lipinski definition) is 0. The highest BCUT2D eigenvalue weighted by Crippen LogP contribution is 2.44. The molecule has 0 radical (unpaired) electrons. The van der Waals surface area contributed by atoms with Crippen molar-refractivity contribution in [3.8, 4) is 0 Å². The van der Waals surface area contributed by atoms with Gasteiger partial charge in [-0.15, -0.1) is 0 Å². The van der Waals surface area contributed by atoms with Gasteiger partial charge in [-0.05, 0) is 68.2 Å². The Balaban J connectivity index is 1.98. The van der Waals surface area contributed by atoms with E-state index in [1.54, 1.807) is 0 Å². The summed E-state index contributed by atoms with van der Waals surface area (Å²) in [6.07, 6.45) is 1.86. The fraction of sp³-hybridized carbons (Fsp3) is 0.920. The lowest BCUT2D eigenvalue weighted by molar-refractivity contribution is -0.249. The molecule has 0 aromatic heterocycles. The van der Waals surface area contributed by atoms with Crippen molar-refractivity contribution >= 4 is 11.9 Å². The van der Waals surface area contributed by atoms with E-state index < -0.39 is 29.4 Å². The summed E-state index contributed by atoms with van der Waals surface area (Å²) in [6.45, 7) is 21.6. The summed E-state index contributed by atoms with van der Waals surface area (Å²) in [5.41, 5.74) is -1.59. The normalized spacial score (nSPS) is 28.1. The van der Waals surface area contributed by atoms with Gasteiger partial charge in [0.25, 0.3) is 0 Å². The maximum absolute atomic E-state index is 12.7. The van der Waals surface area contributed by atoms with E-state index in [0.717, 1.165) is 12.8 Å². The van der Waals surface area contributed by atoms with Gasteiger partial charge in [0, 0.05) is 23.9 Å². The highest BCUT2D eigenvalue weighted by Gasteiger charge is 2.56. The fourth-order valence-corrected chi connectivity index (χ4v) is 5.33. The molecule has 2 atom stereocenters. The van der Waals surface area contributed by atoms with E-state index in [1.807, 2.05) is 37.8 Å². The van der Waals surface area contributed by atoms with Crippen molar-refractivity contribution in [1.29, 1.82) is 0 Å². The number of rotatable bonds is 10. The van der Waals surface area contributed by atoms with E-state index >= 15 is 0 Å². The average Bonchev–Trinajstić information content (AvgIpc) is 2.93. The van der Waals surface area contributed by atoms with Crippen molar-refractivity contribution in [2.24, 2.45) is 0 Å². The van der Waals surface area contributed by atoms with Crippen LogP contribution in [0.1, 0.15) is 101 Å². The van der Waals surface area contributed by atoms with Crippen molar-refractivity contribution in [3.05, 3.63) is 0 Å². The highest BCUT2D eigenvalue weighted by molar-refractivity contribution is 5.91. The fourth-order valence-electron chi connectivity index (χ4n) is 5.33. The van der Waals surface area contributed by atoms with Gasteiger partial charge in [0.1, 0.15) is 18.6 Å². The van der Waals surface area contributed by atoms with Crippen molar-refractivity contribution in [3.63, 3.8) is 0 Å². The van der Waals surface area contributed by atoms with Crippen LogP contribution in [-0.4, -0.2) is 69.6 Å². The molecule has 2 heterocycles. The molecule has 0 N–H and O–H groups in total. The van der Waals surface area contributed by atoms with Crippen molar-refractivity contribution in [1.82, 2.24) is 10.1 Å². The molecule has 33 heavy (non-hydrogen) atoms. The molecule has 8 heteroatoms. The van der Waals surface area contributed by atoms with E-state index in [1.165, 1.54) is 0 Å². The molecule has 0 saturated carbocycles. The van der Waals surface area contributed by atoms with Gasteiger partial charge in [0.2, 0.25) is 0 Å². The van der Waals surface area contributed by atoms with Crippen LogP contribution < -0.4 is 0 Å². The molecule has 192 valence electrons. The molecule has 2 rings (SSSR count). The third-order valence-corrected chi connectivity index (χ3v) is 6.78. The number of carbonyl (C=O) groups is 2. The third kappa shape index (κ3) is 6.08. The van der Waals surface area contributed by atoms with Crippen LogP contribution in [0.15, 0.2) is 0 Å². The molecular weight excluding hydrogens is 424 g/mol. The summed E-state index contributed by atoms with van der Waals surface area (Å²) < 4.78 is 11.6. The largest absolute Gasteiger partial charge is 0.460 e. The number of carbonyl (C=O) groups excluding carboxylic acids is 2. The first-order chi connectivity index (χ1) is 15.1. The molecule has 0 spiro atoms. The van der Waals surface area contributed by atoms with Gasteiger partial charge in [-0.1, -0.05) is 13.8 Å². The molecule has 2 saturated heterocycles. The quantitative estimate of drug-likeness (QED) is 0.343. The Morgan fingerprint density at radius 3 is 1.33 bits per heavy atom. The van der Waals surface area contributed by atoms with Crippen LogP contribution in [0.3, 0.4) is 0 Å². The molecule has 0 aliphatic carbocycles. The minimum Gasteiger partial charge on any atom is -0.460 e. The summed E-state index contributed by atoms with van der Waals surface area (Å²) >= 11 is 0. The number of esters is 2. The number of ether oxygens (including phenoxy) is 2. The number of hydroxylamine groups is 4. The Hall–Kier alpha value is -1.22. The molecule has 2 unspecified atom stereocenters. The van der Waals surface area contributed by atoms with Crippen molar-refractivity contribution < 1.29 is 28.7 Å². The predicted octanol–water partition coefficient (Wildman–Crippen LogP) is 4.41. The van der Waals surface area contributed by atoms with Crippen molar-refractivity contribution in [2.45, 2.75) is 136 Å². The summed E-state index contributed by atoms with van der Waals surface area (Å²) in [5.74, 6) is -1.14. The summed E-state index contributed by atoms with van der Waals surface area (Å²) in [7, 11) is 0. The minimum atomic E-state index is -0.569. The van der Waals surface area contributed by atoms with Crippen LogP contribution in [0.4, 0.5) is 0 Å². The second kappa shape index (κ2) is 10.2. The van der Waals surface area contributed by atoms with Crippen LogP contribution in [0.5, 0.6) is 0 Å². The molecular formula is C25H46N2O6. The number of nitrogens with zero attached hydrogens (tertiary/aromatic N) is 2. The monoisotopic (exact) mass is 470 g/mol. The van der Waals surface area contributed by atoms with Gasteiger partial charge >= 0.3 is 11.9 Å². The summed E-state index contributed by atoms with van der Waals surface area (Å²) in [4.78, 5) is 37.3. The van der Waals surface area contributed by atoms with Crippen LogP contribution in [-0.2, 0) is 28.7 Å². The minimum absolute atomic E-state index is 0.286. The molecule has 2 fully saturated rings. The predicted molar refractivity (Wildman–Crippen MR) is 126 cm³/mol.